The van der Waals surface area contributed by atoms with E-state index in [4.69, 9.17) is 4.52 Å². The molecule has 0 bridgehead atoms. The third-order valence-corrected chi connectivity index (χ3v) is 3.20. The van der Waals surface area contributed by atoms with Crippen molar-refractivity contribution in [2.24, 2.45) is 0 Å². The van der Waals surface area contributed by atoms with Crippen LogP contribution in [0, 0.1) is 6.92 Å². The molecule has 0 atom stereocenters. The van der Waals surface area contributed by atoms with Crippen LogP contribution in [0.5, 0.6) is 0 Å². The fourth-order valence-corrected chi connectivity index (χ4v) is 2.01. The van der Waals surface area contributed by atoms with E-state index in [0.29, 0.717) is 17.9 Å². The van der Waals surface area contributed by atoms with Gasteiger partial charge in [-0.15, -0.1) is 0 Å². The van der Waals surface area contributed by atoms with Crippen molar-refractivity contribution < 1.29 is 9.32 Å². The zero-order chi connectivity index (χ0) is 15.2. The predicted octanol–water partition coefficient (Wildman–Crippen LogP) is 2.33. The van der Waals surface area contributed by atoms with Gasteiger partial charge in [-0.2, -0.15) is 0 Å². The lowest BCUT2D eigenvalue weighted by atomic mass is 10.1. The second kappa shape index (κ2) is 7.04. The number of nitrogens with zero attached hydrogens (tertiary/aromatic N) is 2. The molecule has 0 aliphatic rings. The van der Waals surface area contributed by atoms with Gasteiger partial charge in [0.05, 0.1) is 6.20 Å². The van der Waals surface area contributed by atoms with Crippen molar-refractivity contribution >= 4 is 5.91 Å². The molecule has 0 saturated heterocycles. The van der Waals surface area contributed by atoms with Gasteiger partial charge in [-0.3, -0.25) is 4.79 Å². The summed E-state index contributed by atoms with van der Waals surface area (Å²) in [7, 11) is 4.02. The molecule has 1 amide bonds. The van der Waals surface area contributed by atoms with Gasteiger partial charge < -0.3 is 14.7 Å². The molecule has 1 aromatic carbocycles. The lowest BCUT2D eigenvalue weighted by Crippen LogP contribution is -2.27. The van der Waals surface area contributed by atoms with E-state index in [2.05, 4.69) is 15.4 Å². The van der Waals surface area contributed by atoms with Gasteiger partial charge in [0.1, 0.15) is 5.56 Å². The molecular formula is C16H21N3O2. The maximum atomic E-state index is 12.2. The van der Waals surface area contributed by atoms with Crippen LogP contribution >= 0.6 is 0 Å². The van der Waals surface area contributed by atoms with Gasteiger partial charge >= 0.3 is 0 Å². The Bertz CT molecular complexity index is 588. The van der Waals surface area contributed by atoms with Gasteiger partial charge in [0.2, 0.25) is 0 Å². The molecule has 0 aliphatic carbocycles. The highest BCUT2D eigenvalue weighted by atomic mass is 16.5. The van der Waals surface area contributed by atoms with Crippen molar-refractivity contribution in [1.29, 1.82) is 0 Å². The van der Waals surface area contributed by atoms with Crippen LogP contribution in [-0.4, -0.2) is 43.1 Å². The van der Waals surface area contributed by atoms with Crippen molar-refractivity contribution in [3.8, 4) is 11.3 Å². The van der Waals surface area contributed by atoms with Crippen molar-refractivity contribution in [2.75, 3.05) is 27.2 Å². The first-order chi connectivity index (χ1) is 10.1. The minimum atomic E-state index is -0.148. The molecule has 1 aromatic heterocycles. The number of aromatic nitrogens is 1. The summed E-state index contributed by atoms with van der Waals surface area (Å²) in [5.41, 5.74) is 2.49. The minimum absolute atomic E-state index is 0.148. The summed E-state index contributed by atoms with van der Waals surface area (Å²) >= 11 is 0. The Hall–Kier alpha value is -2.14. The smallest absolute Gasteiger partial charge is 0.256 e. The van der Waals surface area contributed by atoms with Gasteiger partial charge in [0, 0.05) is 12.1 Å². The first-order valence-electron chi connectivity index (χ1n) is 7.02. The third kappa shape index (κ3) is 4.16. The summed E-state index contributed by atoms with van der Waals surface area (Å²) in [6, 6.07) is 7.82. The van der Waals surface area contributed by atoms with Crippen molar-refractivity contribution in [1.82, 2.24) is 15.4 Å². The Morgan fingerprint density at radius 1 is 1.29 bits per heavy atom. The Kier molecular flexibility index (Phi) is 5.11. The molecule has 0 aliphatic heterocycles. The number of amides is 1. The number of benzene rings is 1. The molecule has 112 valence electrons. The molecule has 0 spiro atoms. The summed E-state index contributed by atoms with van der Waals surface area (Å²) in [5, 5.41) is 6.65. The van der Waals surface area contributed by atoms with Gasteiger partial charge in [-0.1, -0.05) is 35.0 Å². The van der Waals surface area contributed by atoms with E-state index in [-0.39, 0.29) is 5.91 Å². The number of hydrogen-bond donors (Lipinski definition) is 1. The highest BCUT2D eigenvalue weighted by Crippen LogP contribution is 2.23. The average Bonchev–Trinajstić information content (AvgIpc) is 2.93. The van der Waals surface area contributed by atoms with Gasteiger partial charge in [-0.05, 0) is 34.0 Å². The van der Waals surface area contributed by atoms with Crippen LogP contribution in [0.25, 0.3) is 11.3 Å². The molecule has 2 aromatic rings. The van der Waals surface area contributed by atoms with Gasteiger partial charge in [0.15, 0.2) is 5.76 Å². The molecule has 0 saturated carbocycles. The van der Waals surface area contributed by atoms with Crippen LogP contribution in [0.3, 0.4) is 0 Å². The maximum absolute atomic E-state index is 12.2. The van der Waals surface area contributed by atoms with Crippen molar-refractivity contribution in [3.63, 3.8) is 0 Å². The molecule has 2 rings (SSSR count). The van der Waals surface area contributed by atoms with Gasteiger partial charge in [0.25, 0.3) is 5.91 Å². The van der Waals surface area contributed by atoms with Crippen LogP contribution in [0.4, 0.5) is 0 Å². The topological polar surface area (TPSA) is 58.4 Å². The molecule has 0 radical (unpaired) electrons. The predicted molar refractivity (Wildman–Crippen MR) is 82.2 cm³/mol. The summed E-state index contributed by atoms with van der Waals surface area (Å²) in [6.45, 7) is 3.59. The number of rotatable bonds is 6. The van der Waals surface area contributed by atoms with Crippen LogP contribution < -0.4 is 5.32 Å². The standard InChI is InChI=1S/C16H21N3O2/c1-12-5-7-13(8-6-12)15-14(11-18-21-15)16(20)17-9-4-10-19(2)3/h5-8,11H,4,9-10H2,1-3H3,(H,17,20). The summed E-state index contributed by atoms with van der Waals surface area (Å²) < 4.78 is 5.24. The number of nitrogens with one attached hydrogen (secondary N) is 1. The fourth-order valence-electron chi connectivity index (χ4n) is 2.01. The Balaban J connectivity index is 2.02. The first kappa shape index (κ1) is 15.3. The molecule has 1 N–H and O–H groups in total. The van der Waals surface area contributed by atoms with E-state index in [1.165, 1.54) is 6.20 Å². The zero-order valence-corrected chi connectivity index (χ0v) is 12.7. The molecule has 0 fully saturated rings. The fraction of sp³-hybridized carbons (Fsp3) is 0.375. The van der Waals surface area contributed by atoms with Crippen LogP contribution in [0.2, 0.25) is 0 Å². The molecule has 5 heteroatoms. The largest absolute Gasteiger partial charge is 0.355 e. The van der Waals surface area contributed by atoms with E-state index in [0.717, 1.165) is 24.1 Å². The molecule has 21 heavy (non-hydrogen) atoms. The van der Waals surface area contributed by atoms with E-state index >= 15 is 0 Å². The second-order valence-corrected chi connectivity index (χ2v) is 5.35. The SMILES string of the molecule is Cc1ccc(-c2oncc2C(=O)NCCCN(C)C)cc1. The summed E-state index contributed by atoms with van der Waals surface area (Å²) in [5.74, 6) is 0.366. The Labute approximate surface area is 124 Å². The van der Waals surface area contributed by atoms with Crippen LogP contribution in [0.1, 0.15) is 22.3 Å². The highest BCUT2D eigenvalue weighted by molar-refractivity contribution is 5.99. The zero-order valence-electron chi connectivity index (χ0n) is 12.7. The Morgan fingerprint density at radius 3 is 2.67 bits per heavy atom. The van der Waals surface area contributed by atoms with E-state index in [9.17, 15) is 4.79 Å². The van der Waals surface area contributed by atoms with Gasteiger partial charge in [-0.25, -0.2) is 0 Å². The van der Waals surface area contributed by atoms with Crippen LogP contribution in [-0.2, 0) is 0 Å². The summed E-state index contributed by atoms with van der Waals surface area (Å²) in [6.07, 6.45) is 2.38. The number of carbonyl (C=O) groups is 1. The summed E-state index contributed by atoms with van der Waals surface area (Å²) in [4.78, 5) is 14.3. The molecule has 1 heterocycles. The number of carbonyl (C=O) groups excluding carboxylic acids is 1. The maximum Gasteiger partial charge on any atom is 0.256 e. The van der Waals surface area contributed by atoms with Crippen molar-refractivity contribution in [2.45, 2.75) is 13.3 Å². The minimum Gasteiger partial charge on any atom is -0.355 e. The average molecular weight is 287 g/mol. The monoisotopic (exact) mass is 287 g/mol. The van der Waals surface area contributed by atoms with Crippen molar-refractivity contribution in [3.05, 3.63) is 41.6 Å². The second-order valence-electron chi connectivity index (χ2n) is 5.35. The number of aryl methyl sites for hydroxylation is 1. The Morgan fingerprint density at radius 2 is 2.00 bits per heavy atom. The molecule has 5 nitrogen and oxygen atoms in total. The third-order valence-electron chi connectivity index (χ3n) is 3.20. The quantitative estimate of drug-likeness (QED) is 0.828. The molecular weight excluding hydrogens is 266 g/mol. The highest BCUT2D eigenvalue weighted by Gasteiger charge is 2.17. The first-order valence-corrected chi connectivity index (χ1v) is 7.02. The lowest BCUT2D eigenvalue weighted by molar-refractivity contribution is 0.0952. The molecule has 0 unspecified atom stereocenters. The number of hydrogen-bond acceptors (Lipinski definition) is 4. The van der Waals surface area contributed by atoms with E-state index in [1.807, 2.05) is 45.3 Å². The van der Waals surface area contributed by atoms with E-state index < -0.39 is 0 Å². The van der Waals surface area contributed by atoms with E-state index in [1.54, 1.807) is 0 Å². The lowest BCUT2D eigenvalue weighted by Gasteiger charge is -2.09. The van der Waals surface area contributed by atoms with Crippen LogP contribution in [0.15, 0.2) is 35.0 Å². The normalized spacial score (nSPS) is 10.9.